The van der Waals surface area contributed by atoms with Gasteiger partial charge >= 0.3 is 18.0 Å². The van der Waals surface area contributed by atoms with Crippen LogP contribution >= 0.6 is 0 Å². The monoisotopic (exact) mass is 542 g/mol. The van der Waals surface area contributed by atoms with Crippen molar-refractivity contribution in [1.29, 1.82) is 0 Å². The Morgan fingerprint density at radius 1 is 1.05 bits per heavy atom. The molecule has 2 heterocycles. The molecule has 2 saturated heterocycles. The molecule has 0 saturated carbocycles. The molecule has 3 aliphatic rings. The van der Waals surface area contributed by atoms with Gasteiger partial charge in [-0.1, -0.05) is 18.2 Å². The van der Waals surface area contributed by atoms with Crippen molar-refractivity contribution in [3.8, 4) is 0 Å². The Labute approximate surface area is 207 Å². The van der Waals surface area contributed by atoms with Gasteiger partial charge in [-0.15, -0.1) is 0 Å². The largest absolute Gasteiger partial charge is 0.435 e. The Balaban J connectivity index is 1.60. The van der Waals surface area contributed by atoms with E-state index in [4.69, 9.17) is 0 Å². The zero-order valence-corrected chi connectivity index (χ0v) is 20.0. The minimum Gasteiger partial charge on any atom is -0.389 e. The van der Waals surface area contributed by atoms with Gasteiger partial charge in [-0.05, 0) is 44.2 Å². The van der Waals surface area contributed by atoms with Crippen molar-refractivity contribution in [2.45, 2.75) is 87.3 Å². The maximum Gasteiger partial charge on any atom is 0.435 e. The number of likely N-dealkylation sites (tertiary alicyclic amines) is 2. The summed E-state index contributed by atoms with van der Waals surface area (Å²) in [6.07, 6.45) is -14.2. The Morgan fingerprint density at radius 3 is 2.24 bits per heavy atom. The number of carbonyl (C=O) groups is 2. The summed E-state index contributed by atoms with van der Waals surface area (Å²) >= 11 is 0. The van der Waals surface area contributed by atoms with E-state index in [1.54, 1.807) is 0 Å². The molecule has 1 aromatic carbocycles. The number of nitrogens with zero attached hydrogens (tertiary/aromatic N) is 2. The van der Waals surface area contributed by atoms with Gasteiger partial charge in [-0.3, -0.25) is 9.59 Å². The minimum absolute atomic E-state index is 0.00261. The second-order valence-corrected chi connectivity index (χ2v) is 10.6. The van der Waals surface area contributed by atoms with Gasteiger partial charge in [0.2, 0.25) is 5.91 Å². The van der Waals surface area contributed by atoms with Crippen LogP contribution in [0.25, 0.3) is 0 Å². The van der Waals surface area contributed by atoms with Gasteiger partial charge in [-0.25, -0.2) is 8.78 Å². The first-order valence-electron chi connectivity index (χ1n) is 11.8. The van der Waals surface area contributed by atoms with E-state index in [1.807, 2.05) is 0 Å². The van der Waals surface area contributed by atoms with Crippen LogP contribution in [0.15, 0.2) is 18.2 Å². The first-order chi connectivity index (χ1) is 16.9. The predicted octanol–water partition coefficient (Wildman–Crippen LogP) is 4.32. The van der Waals surface area contributed by atoms with E-state index < -0.39 is 65.2 Å². The second kappa shape index (κ2) is 8.81. The van der Waals surface area contributed by atoms with Crippen molar-refractivity contribution in [3.05, 3.63) is 34.9 Å². The lowest BCUT2D eigenvalue weighted by atomic mass is 9.77. The molecule has 0 bridgehead atoms. The van der Waals surface area contributed by atoms with Crippen molar-refractivity contribution in [1.82, 2.24) is 9.80 Å². The summed E-state index contributed by atoms with van der Waals surface area (Å²) in [7, 11) is 0. The fraction of sp³-hybridized carbons (Fsp3) is 0.667. The predicted molar refractivity (Wildman–Crippen MR) is 114 cm³/mol. The molecular formula is C24H26F8N2O3. The van der Waals surface area contributed by atoms with Crippen molar-refractivity contribution >= 4 is 11.8 Å². The van der Waals surface area contributed by atoms with E-state index in [0.29, 0.717) is 24.1 Å². The lowest BCUT2D eigenvalue weighted by molar-refractivity contribution is -0.348. The standard InChI is InChI=1S/C24H26F8N2O3/c1-21(2,37)11-34-18(10-16(25)19(34)35)20(36)33-8-7-15-14-5-4-13(9-12(14)3-6-17(15)33)22(26,23(27,28)29)24(30,31)32/h4-5,9,15-18,37H,3,6-8,10-11H2,1-2H3/t15-,16?,17?,18?/m0/s1. The summed E-state index contributed by atoms with van der Waals surface area (Å²) in [5.74, 6) is -1.85. The van der Waals surface area contributed by atoms with Crippen molar-refractivity contribution in [2.24, 2.45) is 0 Å². The fourth-order valence-corrected chi connectivity index (χ4v) is 5.82. The molecule has 37 heavy (non-hydrogen) atoms. The SMILES string of the molecule is CC(C)(O)CN1C(=O)C(F)CC1C(=O)N1CC[C@H]2c3ccc(C(F)(C(F)(F)F)C(F)(F)F)cc3CCC21. The first kappa shape index (κ1) is 27.6. The summed E-state index contributed by atoms with van der Waals surface area (Å²) < 4.78 is 108. The number of alkyl halides is 8. The average Bonchev–Trinajstić information content (AvgIpc) is 3.32. The lowest BCUT2D eigenvalue weighted by Gasteiger charge is -2.37. The molecule has 206 valence electrons. The number of hydrogen-bond donors (Lipinski definition) is 1. The molecule has 4 rings (SSSR count). The third-order valence-corrected chi connectivity index (χ3v) is 7.46. The van der Waals surface area contributed by atoms with E-state index in [-0.39, 0.29) is 37.9 Å². The first-order valence-corrected chi connectivity index (χ1v) is 11.8. The van der Waals surface area contributed by atoms with Gasteiger partial charge in [0.15, 0.2) is 6.17 Å². The summed E-state index contributed by atoms with van der Waals surface area (Å²) in [6, 6.07) is 0.538. The summed E-state index contributed by atoms with van der Waals surface area (Å²) in [4.78, 5) is 28.2. The molecular weight excluding hydrogens is 516 g/mol. The molecule has 2 fully saturated rings. The molecule has 4 atom stereocenters. The highest BCUT2D eigenvalue weighted by molar-refractivity contribution is 5.93. The number of fused-ring (bicyclic) bond motifs is 3. The van der Waals surface area contributed by atoms with E-state index in [9.17, 15) is 49.8 Å². The van der Waals surface area contributed by atoms with Gasteiger partial charge in [0.05, 0.1) is 5.60 Å². The highest BCUT2D eigenvalue weighted by Crippen LogP contribution is 2.54. The van der Waals surface area contributed by atoms with Crippen LogP contribution in [0.1, 0.15) is 55.7 Å². The molecule has 1 N–H and O–H groups in total. The van der Waals surface area contributed by atoms with Crippen LogP contribution in [0.4, 0.5) is 35.1 Å². The smallest absolute Gasteiger partial charge is 0.389 e. The van der Waals surface area contributed by atoms with Crippen LogP contribution in [0.3, 0.4) is 0 Å². The third-order valence-electron chi connectivity index (χ3n) is 7.46. The fourth-order valence-electron chi connectivity index (χ4n) is 5.82. The normalized spacial score (nSPS) is 26.9. The van der Waals surface area contributed by atoms with Crippen LogP contribution in [0.5, 0.6) is 0 Å². The zero-order valence-electron chi connectivity index (χ0n) is 20.0. The molecule has 2 aliphatic heterocycles. The number of aryl methyl sites for hydroxylation is 1. The molecule has 13 heteroatoms. The molecule has 0 aromatic heterocycles. The summed E-state index contributed by atoms with van der Waals surface area (Å²) in [6.45, 7) is 2.75. The van der Waals surface area contributed by atoms with E-state index in [1.165, 1.54) is 18.7 Å². The van der Waals surface area contributed by atoms with Crippen LogP contribution in [0.2, 0.25) is 0 Å². The van der Waals surface area contributed by atoms with Crippen LogP contribution in [0, 0.1) is 0 Å². The van der Waals surface area contributed by atoms with Crippen LogP contribution in [-0.4, -0.2) is 76.0 Å². The van der Waals surface area contributed by atoms with Crippen molar-refractivity contribution < 1.29 is 49.8 Å². The molecule has 1 aliphatic carbocycles. The van der Waals surface area contributed by atoms with E-state index in [2.05, 4.69) is 0 Å². The number of benzene rings is 1. The Hall–Kier alpha value is -2.44. The zero-order chi connectivity index (χ0) is 27.7. The Kier molecular flexibility index (Phi) is 6.57. The number of aliphatic hydroxyl groups is 1. The maximum atomic E-state index is 14.6. The number of carbonyl (C=O) groups excluding carboxylic acids is 2. The number of hydrogen-bond acceptors (Lipinski definition) is 3. The van der Waals surface area contributed by atoms with Gasteiger partial charge in [-0.2, -0.15) is 26.3 Å². The van der Waals surface area contributed by atoms with Gasteiger partial charge < -0.3 is 14.9 Å². The maximum absolute atomic E-state index is 14.6. The van der Waals surface area contributed by atoms with Gasteiger partial charge in [0.25, 0.3) is 5.91 Å². The van der Waals surface area contributed by atoms with E-state index >= 15 is 0 Å². The highest BCUT2D eigenvalue weighted by atomic mass is 19.4. The summed E-state index contributed by atoms with van der Waals surface area (Å²) in [5, 5.41) is 10.1. The topological polar surface area (TPSA) is 60.9 Å². The van der Waals surface area contributed by atoms with Crippen LogP contribution < -0.4 is 0 Å². The van der Waals surface area contributed by atoms with Gasteiger partial charge in [0.1, 0.15) is 6.04 Å². The third kappa shape index (κ3) is 4.57. The number of amides is 2. The lowest BCUT2D eigenvalue weighted by Crippen LogP contribution is -2.52. The summed E-state index contributed by atoms with van der Waals surface area (Å²) in [5.41, 5.74) is -7.87. The number of β-amino-alcohol motifs (C(OH)–C–C–N with tert-alkyl or cyclic N) is 1. The van der Waals surface area contributed by atoms with E-state index in [0.717, 1.165) is 11.0 Å². The molecule has 5 nitrogen and oxygen atoms in total. The molecule has 2 amide bonds. The molecule has 3 unspecified atom stereocenters. The quantitative estimate of drug-likeness (QED) is 0.577. The molecule has 0 radical (unpaired) electrons. The van der Waals surface area contributed by atoms with Crippen molar-refractivity contribution in [3.63, 3.8) is 0 Å². The van der Waals surface area contributed by atoms with Gasteiger partial charge in [0, 0.05) is 37.0 Å². The molecule has 1 aromatic rings. The second-order valence-electron chi connectivity index (χ2n) is 10.6. The minimum atomic E-state index is -6.21. The number of halogens is 8. The Bertz CT molecular complexity index is 1070. The van der Waals surface area contributed by atoms with Crippen molar-refractivity contribution in [2.75, 3.05) is 13.1 Å². The highest BCUT2D eigenvalue weighted by Gasteiger charge is 2.73. The molecule has 0 spiro atoms. The Morgan fingerprint density at radius 2 is 1.68 bits per heavy atom. The number of rotatable bonds is 4. The van der Waals surface area contributed by atoms with Crippen LogP contribution in [-0.2, 0) is 21.7 Å². The average molecular weight is 542 g/mol.